The zero-order valence-corrected chi connectivity index (χ0v) is 11.5. The maximum atomic E-state index is 9.97. The quantitative estimate of drug-likeness (QED) is 0.872. The molecule has 1 rings (SSSR count). The number of aliphatic hydroxyl groups is 1. The molecule has 1 N–H and O–H groups in total. The van der Waals surface area contributed by atoms with Crippen molar-refractivity contribution in [3.8, 4) is 0 Å². The van der Waals surface area contributed by atoms with Gasteiger partial charge in [0.15, 0.2) is 0 Å². The Labute approximate surface area is 103 Å². The van der Waals surface area contributed by atoms with E-state index in [0.29, 0.717) is 13.0 Å². The van der Waals surface area contributed by atoms with Crippen molar-refractivity contribution in [2.24, 2.45) is 0 Å². The van der Waals surface area contributed by atoms with Crippen LogP contribution in [0.1, 0.15) is 25.1 Å². The highest BCUT2D eigenvalue weighted by Crippen LogP contribution is 2.22. The Kier molecular flexibility index (Phi) is 5.82. The summed E-state index contributed by atoms with van der Waals surface area (Å²) in [7, 11) is 0. The molecule has 0 radical (unpaired) electrons. The first-order valence-electron chi connectivity index (χ1n) is 5.20. The summed E-state index contributed by atoms with van der Waals surface area (Å²) in [6.07, 6.45) is 1.08. The second kappa shape index (κ2) is 6.63. The highest BCUT2D eigenvalue weighted by atomic mass is 79.9. The zero-order chi connectivity index (χ0) is 11.3. The van der Waals surface area contributed by atoms with E-state index in [1.165, 1.54) is 4.88 Å². The first-order valence-corrected chi connectivity index (χ1v) is 6.87. The Morgan fingerprint density at radius 1 is 1.53 bits per heavy atom. The lowest BCUT2D eigenvalue weighted by Gasteiger charge is -2.20. The minimum absolute atomic E-state index is 0.0455. The molecule has 0 amide bonds. The smallest absolute Gasteiger partial charge is 0.0849 e. The fraction of sp³-hybridized carbons (Fsp3) is 0.636. The molecule has 0 aliphatic carbocycles. The number of thiophene rings is 1. The van der Waals surface area contributed by atoms with Crippen molar-refractivity contribution in [3.63, 3.8) is 0 Å². The number of ether oxygens (including phenoxy) is 1. The van der Waals surface area contributed by atoms with E-state index in [1.807, 2.05) is 25.3 Å². The van der Waals surface area contributed by atoms with E-state index < -0.39 is 6.10 Å². The van der Waals surface area contributed by atoms with Crippen LogP contribution in [0, 0.1) is 0 Å². The van der Waals surface area contributed by atoms with Gasteiger partial charge in [-0.05, 0) is 35.3 Å². The summed E-state index contributed by atoms with van der Waals surface area (Å²) in [5, 5.41) is 12.0. The van der Waals surface area contributed by atoms with Crippen LogP contribution in [-0.4, -0.2) is 23.9 Å². The third-order valence-electron chi connectivity index (χ3n) is 2.24. The highest BCUT2D eigenvalue weighted by molar-refractivity contribution is 9.10. The number of hydrogen-bond donors (Lipinski definition) is 1. The van der Waals surface area contributed by atoms with Crippen LogP contribution in [0.3, 0.4) is 0 Å². The van der Waals surface area contributed by atoms with E-state index in [0.717, 1.165) is 10.9 Å². The molecule has 1 aromatic heterocycles. The summed E-state index contributed by atoms with van der Waals surface area (Å²) in [6.45, 7) is 4.65. The van der Waals surface area contributed by atoms with Crippen LogP contribution < -0.4 is 0 Å². The molecule has 1 heterocycles. The van der Waals surface area contributed by atoms with E-state index in [1.54, 1.807) is 11.3 Å². The van der Waals surface area contributed by atoms with Gasteiger partial charge in [-0.2, -0.15) is 0 Å². The Morgan fingerprint density at radius 2 is 2.27 bits per heavy atom. The number of rotatable bonds is 6. The SMILES string of the molecule is CCOC(CC)C(O)Cc1cc(Br)cs1. The molecule has 0 bridgehead atoms. The van der Waals surface area contributed by atoms with Crippen LogP contribution >= 0.6 is 27.3 Å². The second-order valence-electron chi connectivity index (χ2n) is 3.40. The van der Waals surface area contributed by atoms with Crippen molar-refractivity contribution in [2.75, 3.05) is 6.61 Å². The van der Waals surface area contributed by atoms with Gasteiger partial charge in [0.05, 0.1) is 12.2 Å². The van der Waals surface area contributed by atoms with Gasteiger partial charge in [0.1, 0.15) is 0 Å². The molecule has 1 aromatic rings. The summed E-state index contributed by atoms with van der Waals surface area (Å²) in [6, 6.07) is 2.05. The summed E-state index contributed by atoms with van der Waals surface area (Å²) in [5.74, 6) is 0. The standard InChI is InChI=1S/C11H17BrO2S/c1-3-11(14-4-2)10(13)6-9-5-8(12)7-15-9/h5,7,10-11,13H,3-4,6H2,1-2H3. The van der Waals surface area contributed by atoms with Crippen LogP contribution in [0.4, 0.5) is 0 Å². The molecule has 0 aromatic carbocycles. The third-order valence-corrected chi connectivity index (χ3v) is 3.96. The van der Waals surface area contributed by atoms with Crippen molar-refractivity contribution in [1.82, 2.24) is 0 Å². The van der Waals surface area contributed by atoms with Gasteiger partial charge < -0.3 is 9.84 Å². The Bertz CT molecular complexity index is 288. The van der Waals surface area contributed by atoms with Crippen molar-refractivity contribution in [2.45, 2.75) is 38.9 Å². The van der Waals surface area contributed by atoms with Crippen molar-refractivity contribution in [1.29, 1.82) is 0 Å². The van der Waals surface area contributed by atoms with Crippen LogP contribution in [0.5, 0.6) is 0 Å². The maximum absolute atomic E-state index is 9.97. The molecule has 2 atom stereocenters. The number of hydrogen-bond acceptors (Lipinski definition) is 3. The van der Waals surface area contributed by atoms with Gasteiger partial charge in [-0.25, -0.2) is 0 Å². The largest absolute Gasteiger partial charge is 0.390 e. The lowest BCUT2D eigenvalue weighted by molar-refractivity contribution is -0.0331. The fourth-order valence-corrected chi connectivity index (χ4v) is 3.02. The predicted octanol–water partition coefficient (Wildman–Crippen LogP) is 3.23. The van der Waals surface area contributed by atoms with Crippen LogP contribution in [0.2, 0.25) is 0 Å². The summed E-state index contributed by atoms with van der Waals surface area (Å²) in [5.41, 5.74) is 0. The van der Waals surface area contributed by atoms with Crippen LogP contribution in [0.15, 0.2) is 15.9 Å². The van der Waals surface area contributed by atoms with Gasteiger partial charge in [-0.3, -0.25) is 0 Å². The fourth-order valence-electron chi connectivity index (χ4n) is 1.51. The Hall–Kier alpha value is 0.1000. The van der Waals surface area contributed by atoms with Gasteiger partial charge in [0, 0.05) is 27.8 Å². The molecular formula is C11H17BrO2S. The maximum Gasteiger partial charge on any atom is 0.0849 e. The van der Waals surface area contributed by atoms with E-state index in [4.69, 9.17) is 4.74 Å². The zero-order valence-electron chi connectivity index (χ0n) is 9.07. The first kappa shape index (κ1) is 13.2. The van der Waals surface area contributed by atoms with Crippen molar-refractivity contribution < 1.29 is 9.84 Å². The van der Waals surface area contributed by atoms with Gasteiger partial charge in [0.25, 0.3) is 0 Å². The summed E-state index contributed by atoms with van der Waals surface area (Å²) >= 11 is 5.07. The topological polar surface area (TPSA) is 29.5 Å². The third kappa shape index (κ3) is 4.23. The van der Waals surface area contributed by atoms with E-state index in [-0.39, 0.29) is 6.10 Å². The van der Waals surface area contributed by atoms with Gasteiger partial charge >= 0.3 is 0 Å². The van der Waals surface area contributed by atoms with Gasteiger partial charge in [0.2, 0.25) is 0 Å². The van der Waals surface area contributed by atoms with Crippen LogP contribution in [0.25, 0.3) is 0 Å². The minimum Gasteiger partial charge on any atom is -0.390 e. The van der Waals surface area contributed by atoms with Crippen LogP contribution in [-0.2, 0) is 11.2 Å². The first-order chi connectivity index (χ1) is 7.17. The molecule has 2 nitrogen and oxygen atoms in total. The summed E-state index contributed by atoms with van der Waals surface area (Å²) in [4.78, 5) is 1.19. The van der Waals surface area contributed by atoms with Crippen molar-refractivity contribution >= 4 is 27.3 Å². The molecule has 4 heteroatoms. The Morgan fingerprint density at radius 3 is 2.73 bits per heavy atom. The molecular weight excluding hydrogens is 276 g/mol. The summed E-state index contributed by atoms with van der Waals surface area (Å²) < 4.78 is 6.56. The Balaban J connectivity index is 2.49. The van der Waals surface area contributed by atoms with Gasteiger partial charge in [-0.1, -0.05) is 6.92 Å². The van der Waals surface area contributed by atoms with E-state index >= 15 is 0 Å². The molecule has 86 valence electrons. The molecule has 0 aliphatic rings. The van der Waals surface area contributed by atoms with Crippen molar-refractivity contribution in [3.05, 3.63) is 20.8 Å². The van der Waals surface area contributed by atoms with Gasteiger partial charge in [-0.15, -0.1) is 11.3 Å². The molecule has 15 heavy (non-hydrogen) atoms. The lowest BCUT2D eigenvalue weighted by atomic mass is 10.1. The highest BCUT2D eigenvalue weighted by Gasteiger charge is 2.18. The predicted molar refractivity (Wildman–Crippen MR) is 67.4 cm³/mol. The average molecular weight is 293 g/mol. The minimum atomic E-state index is -0.402. The molecule has 0 aliphatic heterocycles. The molecule has 0 spiro atoms. The lowest BCUT2D eigenvalue weighted by Crippen LogP contribution is -2.30. The number of halogens is 1. The average Bonchev–Trinajstić information content (AvgIpc) is 2.60. The molecule has 0 saturated heterocycles. The second-order valence-corrected chi connectivity index (χ2v) is 5.32. The molecule has 2 unspecified atom stereocenters. The van der Waals surface area contributed by atoms with E-state index in [2.05, 4.69) is 15.9 Å². The number of aliphatic hydroxyl groups excluding tert-OH is 1. The monoisotopic (exact) mass is 292 g/mol. The normalized spacial score (nSPS) is 15.2. The molecule has 0 fully saturated rings. The van der Waals surface area contributed by atoms with E-state index in [9.17, 15) is 5.11 Å². The molecule has 0 saturated carbocycles.